The topological polar surface area (TPSA) is 39.7 Å². The molecule has 1 saturated heterocycles. The molecule has 2 N–H and O–H groups in total. The van der Waals surface area contributed by atoms with E-state index in [1.807, 2.05) is 24.3 Å². The number of hydrogen-bond acceptors (Lipinski definition) is 2. The molecule has 4 nitrogen and oxygen atoms in total. The van der Waals surface area contributed by atoms with Crippen LogP contribution in [0.4, 0.5) is 0 Å². The number of piperidine rings is 1. The highest BCUT2D eigenvalue weighted by atomic mass is 35.5. The van der Waals surface area contributed by atoms with E-state index in [0.29, 0.717) is 18.6 Å². The van der Waals surface area contributed by atoms with E-state index >= 15 is 0 Å². The van der Waals surface area contributed by atoms with E-state index in [0.717, 1.165) is 30.6 Å². The van der Waals surface area contributed by atoms with Gasteiger partial charge < -0.3 is 15.5 Å². The average Bonchev–Trinajstić information content (AvgIpc) is 2.55. The molecule has 1 aliphatic rings. The van der Waals surface area contributed by atoms with E-state index in [1.54, 1.807) is 0 Å². The predicted octanol–water partition coefficient (Wildman–Crippen LogP) is 3.27. The average molecular weight is 337 g/mol. The molecular formula is C18H29ClN4. The third-order valence-corrected chi connectivity index (χ3v) is 4.53. The summed E-state index contributed by atoms with van der Waals surface area (Å²) in [5, 5.41) is 7.69. The Hall–Kier alpha value is -1.26. The second-order valence-corrected chi connectivity index (χ2v) is 6.81. The molecule has 0 aliphatic carbocycles. The predicted molar refractivity (Wildman–Crippen MR) is 99.1 cm³/mol. The molecular weight excluding hydrogens is 308 g/mol. The van der Waals surface area contributed by atoms with Crippen molar-refractivity contribution in [3.63, 3.8) is 0 Å². The fourth-order valence-electron chi connectivity index (χ4n) is 2.83. The standard InChI is InChI=1S/C18H29ClN4/c1-4-20-18(21-13-15-5-7-16(19)8-6-15)22-17-9-11-23(12-10-17)14(2)3/h5-8,14,17H,4,9-13H2,1-3H3,(H2,20,21,22). The fraction of sp³-hybridized carbons (Fsp3) is 0.611. The van der Waals surface area contributed by atoms with Crippen molar-refractivity contribution in [3.8, 4) is 0 Å². The number of nitrogens with zero attached hydrogens (tertiary/aromatic N) is 2. The van der Waals surface area contributed by atoms with Gasteiger partial charge in [0, 0.05) is 36.7 Å². The minimum absolute atomic E-state index is 0.507. The molecule has 128 valence electrons. The van der Waals surface area contributed by atoms with Gasteiger partial charge in [0.25, 0.3) is 0 Å². The third kappa shape index (κ3) is 6.04. The summed E-state index contributed by atoms with van der Waals surface area (Å²) in [4.78, 5) is 7.24. The van der Waals surface area contributed by atoms with Gasteiger partial charge in [0.1, 0.15) is 0 Å². The van der Waals surface area contributed by atoms with Crippen LogP contribution in [0.1, 0.15) is 39.2 Å². The molecule has 1 aromatic carbocycles. The highest BCUT2D eigenvalue weighted by molar-refractivity contribution is 6.30. The van der Waals surface area contributed by atoms with Crippen molar-refractivity contribution in [1.29, 1.82) is 0 Å². The Morgan fingerprint density at radius 3 is 2.48 bits per heavy atom. The first-order chi connectivity index (χ1) is 11.1. The van der Waals surface area contributed by atoms with Crippen molar-refractivity contribution in [3.05, 3.63) is 34.9 Å². The van der Waals surface area contributed by atoms with Gasteiger partial charge in [-0.3, -0.25) is 0 Å². The van der Waals surface area contributed by atoms with E-state index in [9.17, 15) is 0 Å². The molecule has 0 atom stereocenters. The van der Waals surface area contributed by atoms with Gasteiger partial charge in [-0.15, -0.1) is 0 Å². The van der Waals surface area contributed by atoms with Gasteiger partial charge in [0.05, 0.1) is 6.54 Å². The number of halogens is 1. The number of hydrogen-bond donors (Lipinski definition) is 2. The summed E-state index contributed by atoms with van der Waals surface area (Å²) >= 11 is 5.92. The SMILES string of the molecule is CCNC(=NCc1ccc(Cl)cc1)NC1CCN(C(C)C)CC1. The number of benzene rings is 1. The monoisotopic (exact) mass is 336 g/mol. The molecule has 0 radical (unpaired) electrons. The summed E-state index contributed by atoms with van der Waals surface area (Å²) in [6.45, 7) is 10.5. The fourth-order valence-corrected chi connectivity index (χ4v) is 2.96. The van der Waals surface area contributed by atoms with Gasteiger partial charge in [0.15, 0.2) is 5.96 Å². The lowest BCUT2D eigenvalue weighted by Gasteiger charge is -2.35. The van der Waals surface area contributed by atoms with Gasteiger partial charge in [-0.1, -0.05) is 23.7 Å². The van der Waals surface area contributed by atoms with Crippen molar-refractivity contribution < 1.29 is 0 Å². The maximum Gasteiger partial charge on any atom is 0.191 e. The summed E-state index contributed by atoms with van der Waals surface area (Å²) in [5.74, 6) is 0.908. The van der Waals surface area contributed by atoms with Crippen molar-refractivity contribution >= 4 is 17.6 Å². The molecule has 0 amide bonds. The Bertz CT molecular complexity index is 490. The zero-order valence-electron chi connectivity index (χ0n) is 14.5. The first kappa shape index (κ1) is 18.1. The van der Waals surface area contributed by atoms with E-state index in [1.165, 1.54) is 18.4 Å². The molecule has 5 heteroatoms. The van der Waals surface area contributed by atoms with Crippen molar-refractivity contribution in [1.82, 2.24) is 15.5 Å². The van der Waals surface area contributed by atoms with Crippen LogP contribution in [0.3, 0.4) is 0 Å². The first-order valence-electron chi connectivity index (χ1n) is 8.61. The largest absolute Gasteiger partial charge is 0.357 e. The minimum Gasteiger partial charge on any atom is -0.357 e. The maximum absolute atomic E-state index is 5.92. The number of nitrogens with one attached hydrogen (secondary N) is 2. The Kier molecular flexibility index (Phi) is 7.18. The molecule has 1 fully saturated rings. The van der Waals surface area contributed by atoms with E-state index < -0.39 is 0 Å². The lowest BCUT2D eigenvalue weighted by atomic mass is 10.0. The maximum atomic E-state index is 5.92. The van der Waals surface area contributed by atoms with Crippen LogP contribution in [0.15, 0.2) is 29.3 Å². The van der Waals surface area contributed by atoms with Crippen molar-refractivity contribution in [2.24, 2.45) is 4.99 Å². The van der Waals surface area contributed by atoms with Gasteiger partial charge in [-0.2, -0.15) is 0 Å². The summed E-state index contributed by atoms with van der Waals surface area (Å²) in [5.41, 5.74) is 1.17. The van der Waals surface area contributed by atoms with Crippen LogP contribution in [0.25, 0.3) is 0 Å². The van der Waals surface area contributed by atoms with Crippen molar-refractivity contribution in [2.45, 2.75) is 52.2 Å². The quantitative estimate of drug-likeness (QED) is 0.640. The van der Waals surface area contributed by atoms with Gasteiger partial charge in [-0.05, 0) is 51.3 Å². The normalized spacial score (nSPS) is 17.5. The van der Waals surface area contributed by atoms with Crippen LogP contribution in [0.2, 0.25) is 5.02 Å². The second kappa shape index (κ2) is 9.14. The summed E-state index contributed by atoms with van der Waals surface area (Å²) < 4.78 is 0. The molecule has 1 heterocycles. The lowest BCUT2D eigenvalue weighted by Crippen LogP contribution is -2.49. The van der Waals surface area contributed by atoms with Crippen LogP contribution in [-0.4, -0.2) is 42.6 Å². The summed E-state index contributed by atoms with van der Waals surface area (Å²) in [6, 6.07) is 9.02. The number of aliphatic imine (C=N–C) groups is 1. The van der Waals surface area contributed by atoms with Crippen LogP contribution in [0, 0.1) is 0 Å². The summed E-state index contributed by atoms with van der Waals surface area (Å²) in [7, 11) is 0. The van der Waals surface area contributed by atoms with E-state index in [-0.39, 0.29) is 0 Å². The number of rotatable bonds is 5. The summed E-state index contributed by atoms with van der Waals surface area (Å²) in [6.07, 6.45) is 2.34. The highest BCUT2D eigenvalue weighted by Crippen LogP contribution is 2.13. The van der Waals surface area contributed by atoms with E-state index in [2.05, 4.69) is 36.3 Å². The van der Waals surface area contributed by atoms with Crippen LogP contribution in [0.5, 0.6) is 0 Å². The molecule has 0 bridgehead atoms. The smallest absolute Gasteiger partial charge is 0.191 e. The van der Waals surface area contributed by atoms with Gasteiger partial charge in [0.2, 0.25) is 0 Å². The highest BCUT2D eigenvalue weighted by Gasteiger charge is 2.21. The van der Waals surface area contributed by atoms with Crippen molar-refractivity contribution in [2.75, 3.05) is 19.6 Å². The Balaban J connectivity index is 1.88. The minimum atomic E-state index is 0.507. The molecule has 0 unspecified atom stereocenters. The Morgan fingerprint density at radius 1 is 1.26 bits per heavy atom. The van der Waals surface area contributed by atoms with Crippen LogP contribution in [-0.2, 0) is 6.54 Å². The zero-order valence-corrected chi connectivity index (χ0v) is 15.2. The Labute approximate surface area is 145 Å². The lowest BCUT2D eigenvalue weighted by molar-refractivity contribution is 0.167. The molecule has 0 saturated carbocycles. The third-order valence-electron chi connectivity index (χ3n) is 4.28. The van der Waals surface area contributed by atoms with Gasteiger partial charge >= 0.3 is 0 Å². The molecule has 1 aromatic rings. The van der Waals surface area contributed by atoms with Crippen LogP contribution >= 0.6 is 11.6 Å². The first-order valence-corrected chi connectivity index (χ1v) is 8.99. The van der Waals surface area contributed by atoms with Crippen LogP contribution < -0.4 is 10.6 Å². The van der Waals surface area contributed by atoms with Gasteiger partial charge in [-0.25, -0.2) is 4.99 Å². The molecule has 0 spiro atoms. The number of guanidine groups is 1. The molecule has 1 aliphatic heterocycles. The number of likely N-dealkylation sites (tertiary alicyclic amines) is 1. The zero-order chi connectivity index (χ0) is 16.7. The second-order valence-electron chi connectivity index (χ2n) is 6.37. The van der Waals surface area contributed by atoms with E-state index in [4.69, 9.17) is 16.6 Å². The molecule has 0 aromatic heterocycles. The Morgan fingerprint density at radius 2 is 1.91 bits per heavy atom. The molecule has 2 rings (SSSR count). The molecule has 23 heavy (non-hydrogen) atoms.